The van der Waals surface area contributed by atoms with Crippen LogP contribution in [-0.4, -0.2) is 35.0 Å². The Morgan fingerprint density at radius 2 is 1.86 bits per heavy atom. The number of hydrogen-bond donors (Lipinski definition) is 2. The number of nitrogens with zero attached hydrogens (tertiary/aromatic N) is 1. The molecular weight excluding hydrogens is 272 g/mol. The topological polar surface area (TPSA) is 60.8 Å². The van der Waals surface area contributed by atoms with Crippen LogP contribution in [0.4, 0.5) is 4.39 Å². The van der Waals surface area contributed by atoms with Gasteiger partial charge in [0, 0.05) is 13.6 Å². The van der Waals surface area contributed by atoms with E-state index in [0.29, 0.717) is 6.54 Å². The number of carbonyl (C=O) groups excluding carboxylic acids is 1. The van der Waals surface area contributed by atoms with Crippen molar-refractivity contribution in [2.24, 2.45) is 0 Å². The molecule has 0 aliphatic carbocycles. The lowest BCUT2D eigenvalue weighted by Crippen LogP contribution is -2.32. The Kier molecular flexibility index (Phi) is 4.72. The SMILES string of the molecule is CN(Cc1ccccc1)C(=O)c1ccc(B(O)O)cc1F. The molecule has 108 valence electrons. The van der Waals surface area contributed by atoms with Gasteiger partial charge in [-0.3, -0.25) is 4.79 Å². The summed E-state index contributed by atoms with van der Waals surface area (Å²) in [4.78, 5) is 13.6. The molecule has 0 bridgehead atoms. The van der Waals surface area contributed by atoms with Crippen molar-refractivity contribution >= 4 is 18.5 Å². The van der Waals surface area contributed by atoms with Gasteiger partial charge < -0.3 is 14.9 Å². The van der Waals surface area contributed by atoms with Gasteiger partial charge in [-0.1, -0.05) is 36.4 Å². The number of halogens is 1. The Bertz CT molecular complexity index is 634. The molecule has 1 amide bonds. The minimum absolute atomic E-state index is 0.00904. The van der Waals surface area contributed by atoms with Crippen LogP contribution >= 0.6 is 0 Å². The third-order valence-electron chi connectivity index (χ3n) is 3.13. The molecule has 4 nitrogen and oxygen atoms in total. The van der Waals surface area contributed by atoms with E-state index in [4.69, 9.17) is 10.0 Å². The van der Waals surface area contributed by atoms with Crippen molar-refractivity contribution in [3.05, 3.63) is 65.5 Å². The number of carbonyl (C=O) groups is 1. The molecule has 0 aliphatic rings. The van der Waals surface area contributed by atoms with Crippen LogP contribution in [0.2, 0.25) is 0 Å². The molecule has 0 aliphatic heterocycles. The summed E-state index contributed by atoms with van der Waals surface area (Å²) < 4.78 is 13.9. The molecule has 2 N–H and O–H groups in total. The zero-order valence-corrected chi connectivity index (χ0v) is 11.5. The second kappa shape index (κ2) is 6.52. The second-order valence-electron chi connectivity index (χ2n) is 4.76. The molecule has 0 aromatic heterocycles. The lowest BCUT2D eigenvalue weighted by Gasteiger charge is -2.18. The van der Waals surface area contributed by atoms with Gasteiger partial charge in [0.1, 0.15) is 5.82 Å². The van der Waals surface area contributed by atoms with Gasteiger partial charge in [-0.2, -0.15) is 0 Å². The Balaban J connectivity index is 2.16. The van der Waals surface area contributed by atoms with E-state index >= 15 is 0 Å². The lowest BCUT2D eigenvalue weighted by atomic mass is 9.80. The third kappa shape index (κ3) is 3.68. The first kappa shape index (κ1) is 15.2. The number of amides is 1. The summed E-state index contributed by atoms with van der Waals surface area (Å²) in [6, 6.07) is 12.9. The fourth-order valence-corrected chi connectivity index (χ4v) is 2.00. The maximum Gasteiger partial charge on any atom is 0.488 e. The smallest absolute Gasteiger partial charge is 0.423 e. The zero-order chi connectivity index (χ0) is 15.4. The first-order valence-electron chi connectivity index (χ1n) is 6.44. The summed E-state index contributed by atoms with van der Waals surface area (Å²) in [6.45, 7) is 0.365. The van der Waals surface area contributed by atoms with Gasteiger partial charge in [-0.15, -0.1) is 0 Å². The fraction of sp³-hybridized carbons (Fsp3) is 0.133. The summed E-state index contributed by atoms with van der Waals surface area (Å²) in [5, 5.41) is 18.0. The standard InChI is InChI=1S/C15H15BFNO3/c1-18(10-11-5-3-2-4-6-11)15(19)13-8-7-12(16(20)21)9-14(13)17/h2-9,20-21H,10H2,1H3. The summed E-state index contributed by atoms with van der Waals surface area (Å²) in [5.74, 6) is -1.24. The molecule has 21 heavy (non-hydrogen) atoms. The van der Waals surface area contributed by atoms with Gasteiger partial charge in [-0.05, 0) is 23.2 Å². The monoisotopic (exact) mass is 287 g/mol. The number of benzene rings is 2. The van der Waals surface area contributed by atoms with E-state index in [0.717, 1.165) is 11.6 Å². The molecule has 6 heteroatoms. The number of hydrogen-bond acceptors (Lipinski definition) is 3. The minimum atomic E-state index is -1.76. The Morgan fingerprint density at radius 1 is 1.19 bits per heavy atom. The van der Waals surface area contributed by atoms with E-state index in [1.807, 2.05) is 30.3 Å². The highest BCUT2D eigenvalue weighted by atomic mass is 19.1. The fourth-order valence-electron chi connectivity index (χ4n) is 2.00. The van der Waals surface area contributed by atoms with E-state index in [1.165, 1.54) is 17.0 Å². The molecule has 0 heterocycles. The van der Waals surface area contributed by atoms with E-state index in [2.05, 4.69) is 0 Å². The van der Waals surface area contributed by atoms with Gasteiger partial charge >= 0.3 is 7.12 Å². The van der Waals surface area contributed by atoms with Crippen molar-refractivity contribution in [2.45, 2.75) is 6.54 Å². The van der Waals surface area contributed by atoms with E-state index in [-0.39, 0.29) is 11.0 Å². The van der Waals surface area contributed by atoms with Crippen molar-refractivity contribution in [2.75, 3.05) is 7.05 Å². The van der Waals surface area contributed by atoms with Crippen LogP contribution < -0.4 is 5.46 Å². The van der Waals surface area contributed by atoms with Crippen molar-refractivity contribution in [3.63, 3.8) is 0 Å². The summed E-state index contributed by atoms with van der Waals surface area (Å²) in [7, 11) is -0.172. The van der Waals surface area contributed by atoms with Gasteiger partial charge in [0.2, 0.25) is 0 Å². The minimum Gasteiger partial charge on any atom is -0.423 e. The maximum absolute atomic E-state index is 13.9. The highest BCUT2D eigenvalue weighted by molar-refractivity contribution is 6.58. The van der Waals surface area contributed by atoms with E-state index in [1.54, 1.807) is 7.05 Å². The lowest BCUT2D eigenvalue weighted by molar-refractivity contribution is 0.0780. The second-order valence-corrected chi connectivity index (χ2v) is 4.76. The predicted octanol–water partition coefficient (Wildman–Crippen LogP) is 0.778. The molecule has 0 radical (unpaired) electrons. The summed E-state index contributed by atoms with van der Waals surface area (Å²) >= 11 is 0. The van der Waals surface area contributed by atoms with Crippen LogP contribution in [0.1, 0.15) is 15.9 Å². The highest BCUT2D eigenvalue weighted by Gasteiger charge is 2.19. The van der Waals surface area contributed by atoms with Gasteiger partial charge in [0.15, 0.2) is 0 Å². The van der Waals surface area contributed by atoms with Gasteiger partial charge in [0.05, 0.1) is 5.56 Å². The third-order valence-corrected chi connectivity index (χ3v) is 3.13. The normalized spacial score (nSPS) is 10.3. The van der Waals surface area contributed by atoms with Crippen LogP contribution in [0.3, 0.4) is 0 Å². The van der Waals surface area contributed by atoms with Crippen LogP contribution in [0.5, 0.6) is 0 Å². The maximum atomic E-state index is 13.9. The number of rotatable bonds is 4. The van der Waals surface area contributed by atoms with E-state index in [9.17, 15) is 9.18 Å². The average Bonchev–Trinajstić information content (AvgIpc) is 2.47. The predicted molar refractivity (Wildman–Crippen MR) is 78.5 cm³/mol. The molecule has 0 fully saturated rings. The Morgan fingerprint density at radius 3 is 2.43 bits per heavy atom. The van der Waals surface area contributed by atoms with Gasteiger partial charge in [0.25, 0.3) is 5.91 Å². The summed E-state index contributed by atoms with van der Waals surface area (Å²) in [5.41, 5.74) is 0.851. The molecule has 2 aromatic carbocycles. The molecule has 0 unspecified atom stereocenters. The molecule has 2 aromatic rings. The Hall–Kier alpha value is -2.18. The van der Waals surface area contributed by atoms with Crippen molar-refractivity contribution in [3.8, 4) is 0 Å². The first-order valence-corrected chi connectivity index (χ1v) is 6.44. The van der Waals surface area contributed by atoms with Crippen molar-refractivity contribution in [1.29, 1.82) is 0 Å². The molecular formula is C15H15BFNO3. The van der Waals surface area contributed by atoms with Crippen LogP contribution in [-0.2, 0) is 6.54 Å². The first-order chi connectivity index (χ1) is 9.99. The summed E-state index contributed by atoms with van der Waals surface area (Å²) in [6.07, 6.45) is 0. The Labute approximate surface area is 122 Å². The zero-order valence-electron chi connectivity index (χ0n) is 11.5. The van der Waals surface area contributed by atoms with E-state index < -0.39 is 18.8 Å². The molecule has 2 rings (SSSR count). The quantitative estimate of drug-likeness (QED) is 0.817. The van der Waals surface area contributed by atoms with Crippen molar-refractivity contribution in [1.82, 2.24) is 4.90 Å². The molecule has 0 spiro atoms. The molecule has 0 saturated heterocycles. The van der Waals surface area contributed by atoms with Crippen LogP contribution in [0, 0.1) is 5.82 Å². The average molecular weight is 287 g/mol. The van der Waals surface area contributed by atoms with Crippen molar-refractivity contribution < 1.29 is 19.2 Å². The highest BCUT2D eigenvalue weighted by Crippen LogP contribution is 2.11. The van der Waals surface area contributed by atoms with Crippen LogP contribution in [0.25, 0.3) is 0 Å². The molecule has 0 atom stereocenters. The largest absolute Gasteiger partial charge is 0.488 e. The van der Waals surface area contributed by atoms with Crippen LogP contribution in [0.15, 0.2) is 48.5 Å². The van der Waals surface area contributed by atoms with Gasteiger partial charge in [-0.25, -0.2) is 4.39 Å². The molecule has 0 saturated carbocycles.